The number of rotatable bonds is 8. The molecule has 0 radical (unpaired) electrons. The van der Waals surface area contributed by atoms with Gasteiger partial charge in [0.25, 0.3) is 5.69 Å². The normalized spacial score (nSPS) is 10.4. The number of anilines is 1. The molecule has 9 heteroatoms. The molecule has 138 valence electrons. The Labute approximate surface area is 160 Å². The molecule has 2 aromatic rings. The molecule has 0 amide bonds. The fourth-order valence-corrected chi connectivity index (χ4v) is 2.58. The standard InChI is InChI=1S/C17H16Cl2N2O5/c1-25-7-6-20-16-5-4-13(21(23)24)9-14(16)17(22)26-10-11-2-3-12(18)8-15(11)19/h2-5,8-9,20H,6-7,10H2,1H3. The quantitative estimate of drug-likeness (QED) is 0.308. The topological polar surface area (TPSA) is 90.7 Å². The van der Waals surface area contributed by atoms with Gasteiger partial charge in [0.15, 0.2) is 0 Å². The predicted octanol–water partition coefficient (Wildman–Crippen LogP) is 4.32. The maximum Gasteiger partial charge on any atom is 0.340 e. The van der Waals surface area contributed by atoms with Crippen molar-refractivity contribution in [2.75, 3.05) is 25.6 Å². The highest BCUT2D eigenvalue weighted by Gasteiger charge is 2.18. The molecule has 26 heavy (non-hydrogen) atoms. The molecule has 0 spiro atoms. The van der Waals surface area contributed by atoms with Crippen molar-refractivity contribution < 1.29 is 19.2 Å². The van der Waals surface area contributed by atoms with E-state index in [0.29, 0.717) is 34.4 Å². The van der Waals surface area contributed by atoms with Crippen LogP contribution in [0.4, 0.5) is 11.4 Å². The van der Waals surface area contributed by atoms with E-state index in [1.165, 1.54) is 24.3 Å². The van der Waals surface area contributed by atoms with Crippen LogP contribution in [0.2, 0.25) is 10.0 Å². The third-order valence-corrected chi connectivity index (χ3v) is 4.02. The van der Waals surface area contributed by atoms with Crippen LogP contribution in [0.3, 0.4) is 0 Å². The number of benzene rings is 2. The largest absolute Gasteiger partial charge is 0.457 e. The molecule has 0 aliphatic carbocycles. The molecule has 0 unspecified atom stereocenters. The van der Waals surface area contributed by atoms with Crippen LogP contribution in [0.25, 0.3) is 0 Å². The van der Waals surface area contributed by atoms with Crippen molar-refractivity contribution in [2.45, 2.75) is 6.61 Å². The lowest BCUT2D eigenvalue weighted by atomic mass is 10.1. The Hall–Kier alpha value is -2.35. The van der Waals surface area contributed by atoms with E-state index in [1.54, 1.807) is 19.2 Å². The van der Waals surface area contributed by atoms with Gasteiger partial charge in [0.2, 0.25) is 0 Å². The summed E-state index contributed by atoms with van der Waals surface area (Å²) in [6.07, 6.45) is 0. The number of nitro benzene ring substituents is 1. The van der Waals surface area contributed by atoms with Gasteiger partial charge < -0.3 is 14.8 Å². The van der Waals surface area contributed by atoms with Gasteiger partial charge in [0.05, 0.1) is 17.1 Å². The summed E-state index contributed by atoms with van der Waals surface area (Å²) < 4.78 is 10.2. The van der Waals surface area contributed by atoms with Gasteiger partial charge in [-0.05, 0) is 18.2 Å². The highest BCUT2D eigenvalue weighted by molar-refractivity contribution is 6.35. The molecular weight excluding hydrogens is 383 g/mol. The summed E-state index contributed by atoms with van der Waals surface area (Å²) in [6.45, 7) is 0.749. The van der Waals surface area contributed by atoms with E-state index in [4.69, 9.17) is 32.7 Å². The molecule has 1 N–H and O–H groups in total. The smallest absolute Gasteiger partial charge is 0.340 e. The number of esters is 1. The summed E-state index contributed by atoms with van der Waals surface area (Å²) in [7, 11) is 1.54. The minimum atomic E-state index is -0.709. The summed E-state index contributed by atoms with van der Waals surface area (Å²) >= 11 is 11.9. The predicted molar refractivity (Wildman–Crippen MR) is 99.0 cm³/mol. The highest BCUT2D eigenvalue weighted by atomic mass is 35.5. The molecule has 0 aliphatic rings. The second kappa shape index (κ2) is 9.38. The average Bonchev–Trinajstić information content (AvgIpc) is 2.61. The van der Waals surface area contributed by atoms with Crippen LogP contribution in [0.15, 0.2) is 36.4 Å². The SMILES string of the molecule is COCCNc1ccc([N+](=O)[O-])cc1C(=O)OCc1ccc(Cl)cc1Cl. The Kier molecular flexibility index (Phi) is 7.20. The molecule has 0 aliphatic heterocycles. The summed E-state index contributed by atoms with van der Waals surface area (Å²) in [5.74, 6) is -0.709. The maximum atomic E-state index is 12.4. The zero-order valence-electron chi connectivity index (χ0n) is 13.8. The maximum absolute atomic E-state index is 12.4. The summed E-state index contributed by atoms with van der Waals surface area (Å²) in [4.78, 5) is 22.8. The van der Waals surface area contributed by atoms with Crippen molar-refractivity contribution in [1.29, 1.82) is 0 Å². The Morgan fingerprint density at radius 2 is 2.00 bits per heavy atom. The van der Waals surface area contributed by atoms with Crippen LogP contribution >= 0.6 is 23.2 Å². The lowest BCUT2D eigenvalue weighted by Crippen LogP contribution is -2.13. The van der Waals surface area contributed by atoms with Crippen LogP contribution in [-0.2, 0) is 16.1 Å². The molecule has 2 rings (SSSR count). The molecule has 0 fully saturated rings. The molecule has 7 nitrogen and oxygen atoms in total. The number of carbonyl (C=O) groups excluding carboxylic acids is 1. The fraction of sp³-hybridized carbons (Fsp3) is 0.235. The first kappa shape index (κ1) is 20.0. The van der Waals surface area contributed by atoms with Gasteiger partial charge >= 0.3 is 5.97 Å². The van der Waals surface area contributed by atoms with Gasteiger partial charge in [-0.2, -0.15) is 0 Å². The highest BCUT2D eigenvalue weighted by Crippen LogP contribution is 2.25. The first-order valence-electron chi connectivity index (χ1n) is 7.54. The average molecular weight is 399 g/mol. The number of non-ortho nitro benzene ring substituents is 1. The van der Waals surface area contributed by atoms with Crippen LogP contribution in [0.5, 0.6) is 0 Å². The molecule has 0 atom stereocenters. The van der Waals surface area contributed by atoms with Crippen molar-refractivity contribution in [2.24, 2.45) is 0 Å². The van der Waals surface area contributed by atoms with Gasteiger partial charge in [-0.1, -0.05) is 29.3 Å². The Bertz CT molecular complexity index is 814. The minimum Gasteiger partial charge on any atom is -0.457 e. The van der Waals surface area contributed by atoms with E-state index in [0.717, 1.165) is 0 Å². The Morgan fingerprint density at radius 1 is 1.23 bits per heavy atom. The molecule has 2 aromatic carbocycles. The molecule has 0 saturated carbocycles. The van der Waals surface area contributed by atoms with Gasteiger partial charge in [0.1, 0.15) is 6.61 Å². The third-order valence-electron chi connectivity index (χ3n) is 3.43. The van der Waals surface area contributed by atoms with Gasteiger partial charge in [-0.15, -0.1) is 0 Å². The second-order valence-electron chi connectivity index (χ2n) is 5.22. The molecule has 0 aromatic heterocycles. The monoisotopic (exact) mass is 398 g/mol. The number of ether oxygens (including phenoxy) is 2. The van der Waals surface area contributed by atoms with Gasteiger partial charge in [0, 0.05) is 47.1 Å². The van der Waals surface area contributed by atoms with Gasteiger partial charge in [-0.25, -0.2) is 4.79 Å². The molecule has 0 saturated heterocycles. The van der Waals surface area contributed by atoms with Crippen LogP contribution in [-0.4, -0.2) is 31.2 Å². The van der Waals surface area contributed by atoms with E-state index in [-0.39, 0.29) is 17.9 Å². The Balaban J connectivity index is 2.18. The number of halogens is 2. The molecule has 0 heterocycles. The van der Waals surface area contributed by atoms with E-state index in [1.807, 2.05) is 0 Å². The zero-order chi connectivity index (χ0) is 19.1. The summed E-state index contributed by atoms with van der Waals surface area (Å²) in [5, 5.41) is 14.8. The van der Waals surface area contributed by atoms with Crippen molar-refractivity contribution in [3.8, 4) is 0 Å². The number of methoxy groups -OCH3 is 1. The van der Waals surface area contributed by atoms with E-state index < -0.39 is 10.9 Å². The number of nitro groups is 1. The second-order valence-corrected chi connectivity index (χ2v) is 6.06. The number of nitrogens with zero attached hydrogens (tertiary/aromatic N) is 1. The first-order valence-corrected chi connectivity index (χ1v) is 8.30. The number of nitrogens with one attached hydrogen (secondary N) is 1. The van der Waals surface area contributed by atoms with Gasteiger partial charge in [-0.3, -0.25) is 10.1 Å². The third kappa shape index (κ3) is 5.32. The lowest BCUT2D eigenvalue weighted by Gasteiger charge is -2.12. The van der Waals surface area contributed by atoms with Crippen molar-refractivity contribution >= 4 is 40.5 Å². The number of hydrogen-bond acceptors (Lipinski definition) is 6. The minimum absolute atomic E-state index is 0.0559. The summed E-state index contributed by atoms with van der Waals surface area (Å²) in [5.41, 5.74) is 0.836. The zero-order valence-corrected chi connectivity index (χ0v) is 15.3. The van der Waals surface area contributed by atoms with E-state index in [9.17, 15) is 14.9 Å². The number of hydrogen-bond donors (Lipinski definition) is 1. The van der Waals surface area contributed by atoms with Crippen molar-refractivity contribution in [3.63, 3.8) is 0 Å². The van der Waals surface area contributed by atoms with E-state index >= 15 is 0 Å². The fourth-order valence-electron chi connectivity index (χ4n) is 2.12. The lowest BCUT2D eigenvalue weighted by molar-refractivity contribution is -0.384. The Morgan fingerprint density at radius 3 is 2.65 bits per heavy atom. The molecule has 0 bridgehead atoms. The first-order chi connectivity index (χ1) is 12.4. The summed E-state index contributed by atoms with van der Waals surface area (Å²) in [6, 6.07) is 8.74. The van der Waals surface area contributed by atoms with E-state index in [2.05, 4.69) is 5.32 Å². The van der Waals surface area contributed by atoms with Crippen LogP contribution in [0.1, 0.15) is 15.9 Å². The van der Waals surface area contributed by atoms with Crippen molar-refractivity contribution in [1.82, 2.24) is 0 Å². The molecular formula is C17H16Cl2N2O5. The van der Waals surface area contributed by atoms with Crippen LogP contribution < -0.4 is 5.32 Å². The van der Waals surface area contributed by atoms with Crippen molar-refractivity contribution in [3.05, 3.63) is 67.7 Å². The van der Waals surface area contributed by atoms with Crippen LogP contribution in [0, 0.1) is 10.1 Å². The number of carbonyl (C=O) groups is 1.